The lowest BCUT2D eigenvalue weighted by Gasteiger charge is -2.24. The van der Waals surface area contributed by atoms with Gasteiger partial charge in [-0.3, -0.25) is 9.63 Å². The van der Waals surface area contributed by atoms with Gasteiger partial charge in [-0.25, -0.2) is 13.9 Å². The molecule has 1 aliphatic rings. The fourth-order valence-corrected chi connectivity index (χ4v) is 5.45. The Kier molecular flexibility index (Phi) is 4.33. The van der Waals surface area contributed by atoms with Crippen LogP contribution in [-0.4, -0.2) is 30.9 Å². The SMILES string of the molecule is CC1(C)C(C)(C)C1(Cl)C(ONC(=O)c1ccccc1)S(C)(=O)=O. The first-order valence-corrected chi connectivity index (χ1v) is 9.59. The van der Waals surface area contributed by atoms with Crippen molar-refractivity contribution in [2.24, 2.45) is 10.8 Å². The predicted molar refractivity (Wildman–Crippen MR) is 89.8 cm³/mol. The summed E-state index contributed by atoms with van der Waals surface area (Å²) in [4.78, 5) is 16.2. The Morgan fingerprint density at radius 3 is 2.00 bits per heavy atom. The highest BCUT2D eigenvalue weighted by Gasteiger charge is 2.82. The van der Waals surface area contributed by atoms with Crippen LogP contribution in [0, 0.1) is 10.8 Å². The Labute approximate surface area is 142 Å². The lowest BCUT2D eigenvalue weighted by Crippen LogP contribution is -2.44. The van der Waals surface area contributed by atoms with E-state index < -0.39 is 36.9 Å². The van der Waals surface area contributed by atoms with Gasteiger partial charge in [-0.05, 0) is 23.0 Å². The molecule has 0 radical (unpaired) electrons. The van der Waals surface area contributed by atoms with Crippen molar-refractivity contribution in [1.29, 1.82) is 0 Å². The van der Waals surface area contributed by atoms with Crippen LogP contribution in [0.4, 0.5) is 0 Å². The van der Waals surface area contributed by atoms with E-state index in [0.29, 0.717) is 5.56 Å². The summed E-state index contributed by atoms with van der Waals surface area (Å²) in [6, 6.07) is 8.41. The summed E-state index contributed by atoms with van der Waals surface area (Å²) in [6.45, 7) is 7.56. The van der Waals surface area contributed by atoms with Crippen molar-refractivity contribution >= 4 is 27.3 Å². The van der Waals surface area contributed by atoms with Gasteiger partial charge in [0.05, 0.1) is 4.87 Å². The molecule has 1 unspecified atom stereocenters. The number of rotatable bonds is 5. The zero-order valence-corrected chi connectivity index (χ0v) is 15.5. The Balaban J connectivity index is 2.22. The van der Waals surface area contributed by atoms with E-state index in [9.17, 15) is 13.2 Å². The molecule has 1 amide bonds. The first kappa shape index (κ1) is 18.2. The summed E-state index contributed by atoms with van der Waals surface area (Å²) in [5.74, 6) is -0.518. The molecule has 0 bridgehead atoms. The lowest BCUT2D eigenvalue weighted by molar-refractivity contribution is 0.00779. The second-order valence-corrected chi connectivity index (χ2v) is 9.72. The van der Waals surface area contributed by atoms with Gasteiger partial charge in [-0.1, -0.05) is 45.9 Å². The van der Waals surface area contributed by atoms with E-state index >= 15 is 0 Å². The van der Waals surface area contributed by atoms with Crippen LogP contribution in [0.15, 0.2) is 30.3 Å². The van der Waals surface area contributed by atoms with Crippen molar-refractivity contribution in [1.82, 2.24) is 5.48 Å². The number of halogens is 1. The van der Waals surface area contributed by atoms with Crippen LogP contribution in [0.25, 0.3) is 0 Å². The van der Waals surface area contributed by atoms with E-state index in [1.54, 1.807) is 30.3 Å². The van der Waals surface area contributed by atoms with Crippen molar-refractivity contribution in [3.05, 3.63) is 35.9 Å². The molecule has 0 aromatic heterocycles. The topological polar surface area (TPSA) is 72.5 Å². The van der Waals surface area contributed by atoms with Crippen LogP contribution in [-0.2, 0) is 14.7 Å². The third-order valence-corrected chi connectivity index (χ3v) is 7.83. The number of carbonyl (C=O) groups is 1. The van der Waals surface area contributed by atoms with Crippen molar-refractivity contribution in [2.75, 3.05) is 6.26 Å². The minimum absolute atomic E-state index is 0.373. The minimum atomic E-state index is -3.65. The highest BCUT2D eigenvalue weighted by atomic mass is 35.5. The van der Waals surface area contributed by atoms with Gasteiger partial charge in [-0.15, -0.1) is 11.6 Å². The second kappa shape index (κ2) is 5.46. The van der Waals surface area contributed by atoms with Gasteiger partial charge < -0.3 is 0 Å². The first-order chi connectivity index (χ1) is 10.4. The third kappa shape index (κ3) is 2.66. The molecule has 23 heavy (non-hydrogen) atoms. The van der Waals surface area contributed by atoms with Gasteiger partial charge in [0.2, 0.25) is 5.44 Å². The number of hydroxylamine groups is 1. The van der Waals surface area contributed by atoms with Crippen LogP contribution in [0.5, 0.6) is 0 Å². The number of hydrogen-bond acceptors (Lipinski definition) is 4. The highest BCUT2D eigenvalue weighted by Crippen LogP contribution is 2.77. The summed E-state index contributed by atoms with van der Waals surface area (Å²) in [5.41, 5.74) is 0.328. The van der Waals surface area contributed by atoms with E-state index in [2.05, 4.69) is 5.48 Å². The number of sulfone groups is 1. The fourth-order valence-electron chi connectivity index (χ4n) is 3.10. The molecule has 2 rings (SSSR count). The van der Waals surface area contributed by atoms with Crippen LogP contribution >= 0.6 is 11.6 Å². The van der Waals surface area contributed by atoms with Crippen molar-refractivity contribution < 1.29 is 18.0 Å². The maximum atomic E-state index is 12.2. The molecule has 1 atom stereocenters. The van der Waals surface area contributed by atoms with Crippen LogP contribution in [0.1, 0.15) is 38.1 Å². The molecule has 1 fully saturated rings. The standard InChI is InChI=1S/C16H22ClNO4S/c1-14(2)15(3,4)16(14,17)13(23(5,20)21)22-18-12(19)11-9-7-6-8-10-11/h6-10,13H,1-5H3,(H,18,19). The maximum Gasteiger partial charge on any atom is 0.274 e. The van der Waals surface area contributed by atoms with Gasteiger partial charge in [-0.2, -0.15) is 0 Å². The van der Waals surface area contributed by atoms with Gasteiger partial charge >= 0.3 is 0 Å². The molecule has 0 aliphatic heterocycles. The molecular formula is C16H22ClNO4S. The van der Waals surface area contributed by atoms with E-state index in [1.165, 1.54) is 0 Å². The zero-order chi connectivity index (χ0) is 17.7. The maximum absolute atomic E-state index is 12.2. The van der Waals surface area contributed by atoms with Crippen LogP contribution in [0.3, 0.4) is 0 Å². The Morgan fingerprint density at radius 1 is 1.13 bits per heavy atom. The number of carbonyl (C=O) groups excluding carboxylic acids is 1. The van der Waals surface area contributed by atoms with E-state index in [1.807, 2.05) is 27.7 Å². The number of hydrogen-bond donors (Lipinski definition) is 1. The highest BCUT2D eigenvalue weighted by molar-refractivity contribution is 7.91. The molecule has 1 saturated carbocycles. The van der Waals surface area contributed by atoms with Gasteiger partial charge in [0, 0.05) is 11.8 Å². The predicted octanol–water partition coefficient (Wildman–Crippen LogP) is 2.76. The van der Waals surface area contributed by atoms with Crippen LogP contribution in [0.2, 0.25) is 0 Å². The Morgan fingerprint density at radius 2 is 1.61 bits per heavy atom. The summed E-state index contributed by atoms with van der Waals surface area (Å²) in [5, 5.41) is 0. The number of benzene rings is 1. The average Bonchev–Trinajstić information content (AvgIpc) is 2.76. The van der Waals surface area contributed by atoms with Crippen LogP contribution < -0.4 is 5.48 Å². The molecule has 0 spiro atoms. The van der Waals surface area contributed by atoms with Crippen molar-refractivity contribution in [3.8, 4) is 0 Å². The normalized spacial score (nSPS) is 22.2. The molecule has 1 N–H and O–H groups in total. The van der Waals surface area contributed by atoms with Gasteiger partial charge in [0.1, 0.15) is 0 Å². The van der Waals surface area contributed by atoms with Crippen molar-refractivity contribution in [3.63, 3.8) is 0 Å². The molecule has 7 heteroatoms. The molecule has 1 aliphatic carbocycles. The molecule has 128 valence electrons. The number of nitrogens with one attached hydrogen (secondary N) is 1. The van der Waals surface area contributed by atoms with E-state index in [4.69, 9.17) is 16.4 Å². The largest absolute Gasteiger partial charge is 0.274 e. The quantitative estimate of drug-likeness (QED) is 0.648. The molecule has 0 saturated heterocycles. The molecule has 1 aromatic carbocycles. The molecule has 0 heterocycles. The van der Waals surface area contributed by atoms with Gasteiger partial charge in [0.15, 0.2) is 9.84 Å². The number of amides is 1. The minimum Gasteiger partial charge on any atom is -0.267 e. The molecular weight excluding hydrogens is 338 g/mol. The molecule has 1 aromatic rings. The summed E-state index contributed by atoms with van der Waals surface area (Å²) < 4.78 is 24.4. The zero-order valence-electron chi connectivity index (χ0n) is 13.9. The lowest BCUT2D eigenvalue weighted by atomic mass is 10.0. The summed E-state index contributed by atoms with van der Waals surface area (Å²) in [7, 11) is -3.65. The Bertz CT molecular complexity index is 699. The summed E-state index contributed by atoms with van der Waals surface area (Å²) >= 11 is 6.65. The monoisotopic (exact) mass is 359 g/mol. The third-order valence-electron chi connectivity index (χ3n) is 5.33. The van der Waals surface area contributed by atoms with E-state index in [0.717, 1.165) is 6.26 Å². The number of alkyl halides is 1. The smallest absolute Gasteiger partial charge is 0.267 e. The Hall–Kier alpha value is -1.11. The van der Waals surface area contributed by atoms with E-state index in [-0.39, 0.29) is 0 Å². The summed E-state index contributed by atoms with van der Waals surface area (Å²) in [6.07, 6.45) is 1.06. The fraction of sp³-hybridized carbons (Fsp3) is 0.562. The average molecular weight is 360 g/mol. The van der Waals surface area contributed by atoms with Gasteiger partial charge in [0.25, 0.3) is 5.91 Å². The second-order valence-electron chi connectivity index (χ2n) is 7.04. The first-order valence-electron chi connectivity index (χ1n) is 7.26. The molecule has 5 nitrogen and oxygen atoms in total. The van der Waals surface area contributed by atoms with Crippen molar-refractivity contribution in [2.45, 2.75) is 38.0 Å².